The van der Waals surface area contributed by atoms with E-state index in [4.69, 9.17) is 0 Å². The summed E-state index contributed by atoms with van der Waals surface area (Å²) in [6.45, 7) is 3.31. The van der Waals surface area contributed by atoms with Crippen LogP contribution in [0.4, 0.5) is 23.0 Å². The maximum Gasteiger partial charge on any atom is 0.263 e. The summed E-state index contributed by atoms with van der Waals surface area (Å²) < 4.78 is 28.5. The van der Waals surface area contributed by atoms with Crippen LogP contribution in [-0.4, -0.2) is 24.3 Å². The number of nitrogens with zero attached hydrogens (tertiary/aromatic N) is 2. The number of benzene rings is 3. The third kappa shape index (κ3) is 4.84. The Morgan fingerprint density at radius 1 is 0.812 bits per heavy atom. The molecule has 1 aromatic heterocycles. The van der Waals surface area contributed by atoms with Crippen LogP contribution in [-0.2, 0) is 14.8 Å². The maximum absolute atomic E-state index is 13.0. The first kappa shape index (κ1) is 21.3. The molecule has 0 aliphatic carbocycles. The molecule has 0 atom stereocenters. The number of anilines is 4. The molecule has 1 heterocycles. The van der Waals surface area contributed by atoms with E-state index in [1.54, 1.807) is 54.6 Å². The van der Waals surface area contributed by atoms with Crippen molar-refractivity contribution in [1.29, 1.82) is 0 Å². The van der Waals surface area contributed by atoms with E-state index in [0.29, 0.717) is 22.4 Å². The Labute approximate surface area is 185 Å². The van der Waals surface area contributed by atoms with Gasteiger partial charge in [0, 0.05) is 18.3 Å². The number of rotatable bonds is 6. The van der Waals surface area contributed by atoms with Crippen LogP contribution in [0.15, 0.2) is 77.7 Å². The van der Waals surface area contributed by atoms with Gasteiger partial charge in [-0.1, -0.05) is 35.9 Å². The van der Waals surface area contributed by atoms with Crippen LogP contribution in [0.25, 0.3) is 11.0 Å². The zero-order chi connectivity index (χ0) is 22.7. The van der Waals surface area contributed by atoms with Crippen molar-refractivity contribution in [3.05, 3.63) is 78.4 Å². The first-order chi connectivity index (χ1) is 15.3. The van der Waals surface area contributed by atoms with Crippen LogP contribution >= 0.6 is 0 Å². The SMILES string of the molecule is CC(=O)Nc1cccc(Nc2nc3ccccc3nc2NS(=O)(=O)c2ccc(C)cc2)c1. The molecule has 0 saturated carbocycles. The van der Waals surface area contributed by atoms with Gasteiger partial charge in [0.15, 0.2) is 11.6 Å². The van der Waals surface area contributed by atoms with Gasteiger partial charge in [0.25, 0.3) is 10.0 Å². The van der Waals surface area contributed by atoms with E-state index >= 15 is 0 Å². The molecule has 0 saturated heterocycles. The number of aryl methyl sites for hydroxylation is 1. The van der Waals surface area contributed by atoms with E-state index in [-0.39, 0.29) is 22.4 Å². The molecule has 4 aromatic rings. The molecule has 4 rings (SSSR count). The molecule has 162 valence electrons. The highest BCUT2D eigenvalue weighted by Crippen LogP contribution is 2.28. The van der Waals surface area contributed by atoms with Crippen molar-refractivity contribution in [3.8, 4) is 0 Å². The molecule has 0 aliphatic rings. The van der Waals surface area contributed by atoms with Crippen molar-refractivity contribution in [3.63, 3.8) is 0 Å². The Morgan fingerprint density at radius 2 is 1.44 bits per heavy atom. The topological polar surface area (TPSA) is 113 Å². The fourth-order valence-electron chi connectivity index (χ4n) is 3.08. The highest BCUT2D eigenvalue weighted by molar-refractivity contribution is 7.92. The average Bonchev–Trinajstić information content (AvgIpc) is 2.74. The van der Waals surface area contributed by atoms with Crippen molar-refractivity contribution in [2.45, 2.75) is 18.7 Å². The Hall–Kier alpha value is -3.98. The van der Waals surface area contributed by atoms with Gasteiger partial charge in [0.1, 0.15) is 0 Å². The van der Waals surface area contributed by atoms with Gasteiger partial charge >= 0.3 is 0 Å². The molecule has 0 radical (unpaired) electrons. The Bertz CT molecular complexity index is 1400. The van der Waals surface area contributed by atoms with Gasteiger partial charge in [-0.3, -0.25) is 9.52 Å². The summed E-state index contributed by atoms with van der Waals surface area (Å²) in [5.74, 6) is 0.104. The number of carbonyl (C=O) groups is 1. The van der Waals surface area contributed by atoms with Gasteiger partial charge in [0.05, 0.1) is 15.9 Å². The standard InChI is InChI=1S/C23H21N5O3S/c1-15-10-12-19(13-11-15)32(30,31)28-23-22(26-20-8-3-4-9-21(20)27-23)25-18-7-5-6-17(14-18)24-16(2)29/h3-14H,1-2H3,(H,24,29)(H,25,26)(H,27,28). The van der Waals surface area contributed by atoms with Crippen molar-refractivity contribution < 1.29 is 13.2 Å². The van der Waals surface area contributed by atoms with Crippen molar-refractivity contribution in [2.24, 2.45) is 0 Å². The van der Waals surface area contributed by atoms with Crippen LogP contribution in [0.3, 0.4) is 0 Å². The molecular formula is C23H21N5O3S. The van der Waals surface area contributed by atoms with E-state index in [0.717, 1.165) is 5.56 Å². The third-order valence-electron chi connectivity index (χ3n) is 4.58. The Kier molecular flexibility index (Phi) is 5.74. The number of fused-ring (bicyclic) bond motifs is 1. The minimum atomic E-state index is -3.89. The highest BCUT2D eigenvalue weighted by atomic mass is 32.2. The number of para-hydroxylation sites is 2. The normalized spacial score (nSPS) is 11.2. The minimum Gasteiger partial charge on any atom is -0.337 e. The zero-order valence-electron chi connectivity index (χ0n) is 17.5. The summed E-state index contributed by atoms with van der Waals surface area (Å²) in [5.41, 5.74) is 3.31. The number of aromatic nitrogens is 2. The lowest BCUT2D eigenvalue weighted by molar-refractivity contribution is -0.114. The lowest BCUT2D eigenvalue weighted by Gasteiger charge is -2.14. The van der Waals surface area contributed by atoms with Gasteiger partial charge in [-0.05, 0) is 49.4 Å². The van der Waals surface area contributed by atoms with Gasteiger partial charge < -0.3 is 10.6 Å². The van der Waals surface area contributed by atoms with Gasteiger partial charge in [0.2, 0.25) is 5.91 Å². The second-order valence-corrected chi connectivity index (χ2v) is 8.90. The molecule has 0 bridgehead atoms. The molecule has 0 spiro atoms. The van der Waals surface area contributed by atoms with E-state index in [1.807, 2.05) is 13.0 Å². The molecule has 1 amide bonds. The quantitative estimate of drug-likeness (QED) is 0.403. The summed E-state index contributed by atoms with van der Waals surface area (Å²) in [6.07, 6.45) is 0. The summed E-state index contributed by atoms with van der Waals surface area (Å²) in [7, 11) is -3.89. The monoisotopic (exact) mass is 447 g/mol. The van der Waals surface area contributed by atoms with E-state index in [2.05, 4.69) is 25.3 Å². The fourth-order valence-corrected chi connectivity index (χ4v) is 4.09. The molecule has 0 unspecified atom stereocenters. The molecule has 32 heavy (non-hydrogen) atoms. The minimum absolute atomic E-state index is 0.0641. The molecule has 9 heteroatoms. The first-order valence-corrected chi connectivity index (χ1v) is 11.3. The molecular weight excluding hydrogens is 426 g/mol. The number of nitrogens with one attached hydrogen (secondary N) is 3. The average molecular weight is 448 g/mol. The van der Waals surface area contributed by atoms with Crippen LogP contribution in [0, 0.1) is 6.92 Å². The lowest BCUT2D eigenvalue weighted by Crippen LogP contribution is -2.16. The van der Waals surface area contributed by atoms with Gasteiger partial charge in [-0.15, -0.1) is 0 Å². The van der Waals surface area contributed by atoms with Crippen LogP contribution in [0.2, 0.25) is 0 Å². The Morgan fingerprint density at radius 3 is 2.09 bits per heavy atom. The number of amides is 1. The van der Waals surface area contributed by atoms with Crippen LogP contribution < -0.4 is 15.4 Å². The molecule has 8 nitrogen and oxygen atoms in total. The number of sulfonamides is 1. The van der Waals surface area contributed by atoms with E-state index in [1.165, 1.54) is 19.1 Å². The van der Waals surface area contributed by atoms with Gasteiger partial charge in [-0.2, -0.15) is 0 Å². The summed E-state index contributed by atoms with van der Waals surface area (Å²) in [4.78, 5) is 20.5. The predicted molar refractivity (Wildman–Crippen MR) is 126 cm³/mol. The maximum atomic E-state index is 13.0. The highest BCUT2D eigenvalue weighted by Gasteiger charge is 2.19. The molecule has 0 aliphatic heterocycles. The summed E-state index contributed by atoms with van der Waals surface area (Å²) >= 11 is 0. The number of carbonyl (C=O) groups excluding carboxylic acids is 1. The van der Waals surface area contributed by atoms with E-state index < -0.39 is 10.0 Å². The lowest BCUT2D eigenvalue weighted by atomic mass is 10.2. The van der Waals surface area contributed by atoms with Crippen LogP contribution in [0.1, 0.15) is 12.5 Å². The summed E-state index contributed by atoms with van der Waals surface area (Å²) in [5, 5.41) is 5.82. The van der Waals surface area contributed by atoms with Crippen molar-refractivity contribution >= 4 is 50.0 Å². The zero-order valence-corrected chi connectivity index (χ0v) is 18.3. The van der Waals surface area contributed by atoms with Crippen molar-refractivity contribution in [2.75, 3.05) is 15.4 Å². The van der Waals surface area contributed by atoms with E-state index in [9.17, 15) is 13.2 Å². The molecule has 0 fully saturated rings. The smallest absolute Gasteiger partial charge is 0.263 e. The van der Waals surface area contributed by atoms with Crippen LogP contribution in [0.5, 0.6) is 0 Å². The second-order valence-electron chi connectivity index (χ2n) is 7.22. The number of hydrogen-bond donors (Lipinski definition) is 3. The third-order valence-corrected chi connectivity index (χ3v) is 5.93. The van der Waals surface area contributed by atoms with Crippen molar-refractivity contribution in [1.82, 2.24) is 9.97 Å². The second kappa shape index (κ2) is 8.64. The summed E-state index contributed by atoms with van der Waals surface area (Å²) in [6, 6.07) is 20.7. The first-order valence-electron chi connectivity index (χ1n) is 9.81. The Balaban J connectivity index is 1.74. The largest absolute Gasteiger partial charge is 0.337 e. The molecule has 3 aromatic carbocycles. The van der Waals surface area contributed by atoms with Gasteiger partial charge in [-0.25, -0.2) is 18.4 Å². The predicted octanol–water partition coefficient (Wildman–Crippen LogP) is 4.44. The fraction of sp³-hybridized carbons (Fsp3) is 0.0870. The number of hydrogen-bond acceptors (Lipinski definition) is 6. The molecule has 3 N–H and O–H groups in total.